The Balaban J connectivity index is 1.93. The molecule has 3 amide bonds. The first-order valence-corrected chi connectivity index (χ1v) is 8.30. The van der Waals surface area contributed by atoms with E-state index < -0.39 is 46.7 Å². The molecule has 0 spiro atoms. The maximum Gasteiger partial charge on any atom is 0.418 e. The highest BCUT2D eigenvalue weighted by atomic mass is 32.1. The average molecular weight is 400 g/mol. The summed E-state index contributed by atoms with van der Waals surface area (Å²) in [5, 5.41) is 6.66. The molecule has 0 radical (unpaired) electrons. The molecule has 2 N–H and O–H groups in total. The van der Waals surface area contributed by atoms with Crippen LogP contribution in [-0.2, 0) is 20.6 Å². The molecule has 144 valence electrons. The number of alkyl halides is 3. The molecule has 0 saturated carbocycles. The van der Waals surface area contributed by atoms with Gasteiger partial charge in [-0.05, 0) is 38.2 Å². The summed E-state index contributed by atoms with van der Waals surface area (Å²) in [6.45, 7) is 2.97. The highest BCUT2D eigenvalue weighted by Gasteiger charge is 2.56. The van der Waals surface area contributed by atoms with Crippen LogP contribution in [0, 0.1) is 0 Å². The number of rotatable bonds is 2. The van der Waals surface area contributed by atoms with E-state index in [1.165, 1.54) is 31.0 Å². The van der Waals surface area contributed by atoms with Gasteiger partial charge in [0, 0.05) is 0 Å². The van der Waals surface area contributed by atoms with Crippen molar-refractivity contribution in [2.24, 2.45) is 0 Å². The third-order valence-electron chi connectivity index (χ3n) is 4.45. The molecule has 2 saturated heterocycles. The number of nitrogens with zero attached hydrogens (tertiary/aromatic N) is 2. The van der Waals surface area contributed by atoms with E-state index in [0.29, 0.717) is 0 Å². The number of anilines is 1. The van der Waals surface area contributed by atoms with Crippen molar-refractivity contribution in [3.05, 3.63) is 29.8 Å². The maximum absolute atomic E-state index is 13.1. The van der Waals surface area contributed by atoms with Crippen molar-refractivity contribution in [2.45, 2.75) is 38.0 Å². The molecule has 0 unspecified atom stereocenters. The van der Waals surface area contributed by atoms with E-state index in [1.54, 1.807) is 0 Å². The summed E-state index contributed by atoms with van der Waals surface area (Å²) in [6, 6.07) is 3.33. The predicted octanol–water partition coefficient (Wildman–Crippen LogP) is 1.66. The fourth-order valence-electron chi connectivity index (χ4n) is 3.11. The second-order valence-electron chi connectivity index (χ2n) is 6.62. The van der Waals surface area contributed by atoms with Crippen LogP contribution in [0.1, 0.15) is 25.8 Å². The molecule has 2 aliphatic heterocycles. The topological polar surface area (TPSA) is 81.8 Å². The molecule has 27 heavy (non-hydrogen) atoms. The number of hydrazine groups is 1. The van der Waals surface area contributed by atoms with Crippen molar-refractivity contribution in [1.82, 2.24) is 15.3 Å². The van der Waals surface area contributed by atoms with Crippen LogP contribution in [-0.4, -0.2) is 44.4 Å². The molecule has 3 rings (SSSR count). The molecule has 1 aromatic carbocycles. The van der Waals surface area contributed by atoms with Crippen molar-refractivity contribution in [3.63, 3.8) is 0 Å². The number of halogens is 3. The van der Waals surface area contributed by atoms with Gasteiger partial charge in [0.2, 0.25) is 17.7 Å². The van der Waals surface area contributed by atoms with E-state index in [9.17, 15) is 27.6 Å². The van der Waals surface area contributed by atoms with Gasteiger partial charge in [-0.25, -0.2) is 5.01 Å². The molecule has 0 aliphatic carbocycles. The first-order chi connectivity index (χ1) is 12.4. The van der Waals surface area contributed by atoms with Gasteiger partial charge in [0.25, 0.3) is 0 Å². The minimum Gasteiger partial charge on any atom is -0.324 e. The molecule has 1 aromatic rings. The highest BCUT2D eigenvalue weighted by Crippen LogP contribution is 2.36. The van der Waals surface area contributed by atoms with Gasteiger partial charge in [-0.2, -0.15) is 18.2 Å². The summed E-state index contributed by atoms with van der Waals surface area (Å²) in [6.07, 6.45) is -4.98. The second-order valence-corrected chi connectivity index (χ2v) is 7.01. The van der Waals surface area contributed by atoms with Crippen molar-refractivity contribution in [3.8, 4) is 0 Å². The first kappa shape index (κ1) is 19.2. The number of nitrogens with one attached hydrogen (secondary N) is 2. The van der Waals surface area contributed by atoms with Crippen LogP contribution >= 0.6 is 12.2 Å². The number of para-hydroxylation sites is 1. The Bertz CT molecular complexity index is 856. The number of hydrogen-bond donors (Lipinski definition) is 2. The van der Waals surface area contributed by atoms with Crippen LogP contribution in [0.15, 0.2) is 24.3 Å². The molecular weight excluding hydrogens is 385 g/mol. The van der Waals surface area contributed by atoms with Crippen molar-refractivity contribution in [1.29, 1.82) is 0 Å². The lowest BCUT2D eigenvalue weighted by Crippen LogP contribution is -2.71. The summed E-state index contributed by atoms with van der Waals surface area (Å²) in [4.78, 5) is 37.2. The van der Waals surface area contributed by atoms with Crippen LogP contribution in [0.4, 0.5) is 18.9 Å². The maximum atomic E-state index is 13.1. The molecular formula is C16H15F3N4O3S. The molecule has 0 bridgehead atoms. The molecule has 7 nitrogen and oxygen atoms in total. The number of benzene rings is 1. The van der Waals surface area contributed by atoms with E-state index in [4.69, 9.17) is 12.2 Å². The van der Waals surface area contributed by atoms with Gasteiger partial charge in [0.05, 0.1) is 17.7 Å². The number of thiocarbonyl (C=S) groups is 1. The Morgan fingerprint density at radius 2 is 1.93 bits per heavy atom. The Morgan fingerprint density at radius 3 is 2.56 bits per heavy atom. The molecule has 2 fully saturated rings. The zero-order valence-electron chi connectivity index (χ0n) is 14.3. The minimum atomic E-state index is -4.66. The smallest absolute Gasteiger partial charge is 0.324 e. The fourth-order valence-corrected chi connectivity index (χ4v) is 3.40. The zero-order valence-corrected chi connectivity index (χ0v) is 15.1. The third kappa shape index (κ3) is 3.16. The standard InChI is InChI=1S/C16H15F3N4O3S/c1-15(2)13(26)21-14(27)22-11(24)7-10(23(15)22)12(25)20-9-6-4-3-5-8(9)16(17,18)19/h3-6,10H,7H2,1-2H3,(H,20,25)(H,21,26,27)/t10-/m1/s1. The fraction of sp³-hybridized carbons (Fsp3) is 0.375. The van der Waals surface area contributed by atoms with Gasteiger partial charge in [0.1, 0.15) is 11.6 Å². The van der Waals surface area contributed by atoms with Gasteiger partial charge < -0.3 is 5.32 Å². The summed E-state index contributed by atoms with van der Waals surface area (Å²) in [7, 11) is 0. The number of fused-ring (bicyclic) bond motifs is 1. The monoisotopic (exact) mass is 400 g/mol. The van der Waals surface area contributed by atoms with E-state index in [-0.39, 0.29) is 11.5 Å². The van der Waals surface area contributed by atoms with Crippen molar-refractivity contribution < 1.29 is 27.6 Å². The summed E-state index contributed by atoms with van der Waals surface area (Å²) in [5.74, 6) is -1.89. The van der Waals surface area contributed by atoms with E-state index in [2.05, 4.69) is 10.6 Å². The largest absolute Gasteiger partial charge is 0.418 e. The SMILES string of the molecule is CC1(C)C(=O)NC(=S)N2C(=O)C[C@H](C(=O)Nc3ccccc3C(F)(F)F)N21. The van der Waals surface area contributed by atoms with Gasteiger partial charge in [-0.1, -0.05) is 12.1 Å². The van der Waals surface area contributed by atoms with Crippen LogP contribution in [0.2, 0.25) is 0 Å². The quantitative estimate of drug-likeness (QED) is 0.738. The van der Waals surface area contributed by atoms with E-state index >= 15 is 0 Å². The average Bonchev–Trinajstić information content (AvgIpc) is 2.92. The predicted molar refractivity (Wildman–Crippen MR) is 92.0 cm³/mol. The summed E-state index contributed by atoms with van der Waals surface area (Å²) >= 11 is 4.99. The van der Waals surface area contributed by atoms with Crippen molar-refractivity contribution in [2.75, 3.05) is 5.32 Å². The van der Waals surface area contributed by atoms with Crippen LogP contribution in [0.3, 0.4) is 0 Å². The highest BCUT2D eigenvalue weighted by molar-refractivity contribution is 7.80. The van der Waals surface area contributed by atoms with Crippen LogP contribution in [0.5, 0.6) is 0 Å². The summed E-state index contributed by atoms with van der Waals surface area (Å²) in [5.41, 5.74) is -2.74. The van der Waals surface area contributed by atoms with E-state index in [0.717, 1.165) is 17.1 Å². The Morgan fingerprint density at radius 1 is 1.30 bits per heavy atom. The Hall–Kier alpha value is -2.53. The first-order valence-electron chi connectivity index (χ1n) is 7.89. The third-order valence-corrected chi connectivity index (χ3v) is 4.72. The normalized spacial score (nSPS) is 22.5. The van der Waals surface area contributed by atoms with Gasteiger partial charge in [-0.15, -0.1) is 0 Å². The van der Waals surface area contributed by atoms with E-state index in [1.807, 2.05) is 0 Å². The Kier molecular flexibility index (Phi) is 4.47. The van der Waals surface area contributed by atoms with Crippen molar-refractivity contribution >= 4 is 40.7 Å². The molecule has 2 aliphatic rings. The zero-order chi connectivity index (χ0) is 20.1. The van der Waals surface area contributed by atoms with Gasteiger partial charge in [0.15, 0.2) is 5.11 Å². The number of amides is 3. The van der Waals surface area contributed by atoms with Gasteiger partial charge in [-0.3, -0.25) is 19.7 Å². The van der Waals surface area contributed by atoms with Crippen LogP contribution in [0.25, 0.3) is 0 Å². The molecule has 1 atom stereocenters. The molecule has 11 heteroatoms. The Labute approximate surface area is 157 Å². The van der Waals surface area contributed by atoms with Crippen LogP contribution < -0.4 is 10.6 Å². The minimum absolute atomic E-state index is 0.171. The second kappa shape index (κ2) is 6.27. The number of hydrogen-bond acceptors (Lipinski definition) is 5. The lowest BCUT2D eigenvalue weighted by atomic mass is 10.00. The molecule has 2 heterocycles. The number of carbonyl (C=O) groups excluding carboxylic acids is 3. The lowest BCUT2D eigenvalue weighted by Gasteiger charge is -2.45. The lowest BCUT2D eigenvalue weighted by molar-refractivity contribution is -0.154. The number of carbonyl (C=O) groups is 3. The molecule has 0 aromatic heterocycles. The van der Waals surface area contributed by atoms with Gasteiger partial charge >= 0.3 is 6.18 Å². The summed E-state index contributed by atoms with van der Waals surface area (Å²) < 4.78 is 39.4.